The average Bonchev–Trinajstić information content (AvgIpc) is 2.24. The largest absolute Gasteiger partial charge is 0.357 e. The Bertz CT molecular complexity index is 260. The van der Waals surface area contributed by atoms with Crippen LogP contribution in [0.25, 0.3) is 0 Å². The maximum Gasteiger partial charge on any atom is 0.191 e. The second kappa shape index (κ2) is 10.1. The number of aliphatic imine (C=N–C) groups is 1. The molecule has 0 aromatic rings. The van der Waals surface area contributed by atoms with Crippen LogP contribution in [0.1, 0.15) is 48.0 Å². The van der Waals surface area contributed by atoms with Gasteiger partial charge >= 0.3 is 0 Å². The monoisotopic (exact) mass is 401 g/mol. The van der Waals surface area contributed by atoms with Gasteiger partial charge < -0.3 is 10.6 Å². The quantitative estimate of drug-likeness (QED) is 0.405. The molecule has 0 heterocycles. The van der Waals surface area contributed by atoms with Gasteiger partial charge in [-0.2, -0.15) is 11.8 Å². The van der Waals surface area contributed by atoms with E-state index < -0.39 is 0 Å². The van der Waals surface area contributed by atoms with Crippen LogP contribution in [0.4, 0.5) is 0 Å². The highest BCUT2D eigenvalue weighted by molar-refractivity contribution is 14.0. The van der Waals surface area contributed by atoms with E-state index in [0.29, 0.717) is 5.41 Å². The Morgan fingerprint density at radius 1 is 1.11 bits per heavy atom. The topological polar surface area (TPSA) is 36.4 Å². The standard InChI is InChI=1S/C14H31N3S.HI/c1-8-15-12(16-10-9-13(2,3)4)17-11-14(5,6)18-7;/h8-11H2,1-7H3,(H2,15,16,17);1H. The number of nitrogens with zero attached hydrogens (tertiary/aromatic N) is 1. The zero-order valence-corrected chi connectivity index (χ0v) is 16.7. The van der Waals surface area contributed by atoms with Crippen LogP contribution < -0.4 is 10.6 Å². The molecule has 0 radical (unpaired) electrons. The minimum Gasteiger partial charge on any atom is -0.357 e. The molecule has 0 bridgehead atoms. The van der Waals surface area contributed by atoms with E-state index in [2.05, 4.69) is 63.4 Å². The lowest BCUT2D eigenvalue weighted by Crippen LogP contribution is -2.39. The van der Waals surface area contributed by atoms with Gasteiger partial charge in [0.1, 0.15) is 0 Å². The third-order valence-electron chi connectivity index (χ3n) is 2.68. The fraction of sp³-hybridized carbons (Fsp3) is 0.929. The molecule has 19 heavy (non-hydrogen) atoms. The number of halogens is 1. The molecule has 0 fully saturated rings. The maximum absolute atomic E-state index is 4.65. The molecule has 0 aliphatic rings. The van der Waals surface area contributed by atoms with Gasteiger partial charge in [-0.15, -0.1) is 24.0 Å². The lowest BCUT2D eigenvalue weighted by molar-refractivity contribution is 0.377. The summed E-state index contributed by atoms with van der Waals surface area (Å²) in [6.45, 7) is 16.0. The van der Waals surface area contributed by atoms with E-state index in [-0.39, 0.29) is 28.7 Å². The van der Waals surface area contributed by atoms with Crippen molar-refractivity contribution in [3.8, 4) is 0 Å². The molecule has 0 amide bonds. The molecule has 0 saturated heterocycles. The summed E-state index contributed by atoms with van der Waals surface area (Å²) in [5.41, 5.74) is 0.364. The molecule has 0 spiro atoms. The van der Waals surface area contributed by atoms with Crippen molar-refractivity contribution in [2.45, 2.75) is 52.7 Å². The van der Waals surface area contributed by atoms with E-state index in [9.17, 15) is 0 Å². The van der Waals surface area contributed by atoms with Crippen LogP contribution >= 0.6 is 35.7 Å². The van der Waals surface area contributed by atoms with E-state index in [0.717, 1.165) is 32.0 Å². The van der Waals surface area contributed by atoms with E-state index in [1.807, 2.05) is 11.8 Å². The minimum atomic E-state index is 0. The van der Waals surface area contributed by atoms with Crippen LogP contribution in [0.3, 0.4) is 0 Å². The van der Waals surface area contributed by atoms with Crippen molar-refractivity contribution in [1.29, 1.82) is 0 Å². The zero-order chi connectivity index (χ0) is 14.2. The molecular weight excluding hydrogens is 369 g/mol. The number of hydrogen-bond acceptors (Lipinski definition) is 2. The molecule has 0 unspecified atom stereocenters. The summed E-state index contributed by atoms with van der Waals surface area (Å²) in [6.07, 6.45) is 3.28. The Balaban J connectivity index is 0. The van der Waals surface area contributed by atoms with Crippen LogP contribution in [0.5, 0.6) is 0 Å². The summed E-state index contributed by atoms with van der Waals surface area (Å²) in [6, 6.07) is 0. The molecular formula is C14H32IN3S. The summed E-state index contributed by atoms with van der Waals surface area (Å²) in [7, 11) is 0. The second-order valence-electron chi connectivity index (χ2n) is 6.40. The van der Waals surface area contributed by atoms with Crippen LogP contribution in [0, 0.1) is 5.41 Å². The van der Waals surface area contributed by atoms with Gasteiger partial charge in [-0.05, 0) is 38.9 Å². The lowest BCUT2D eigenvalue weighted by atomic mass is 9.92. The van der Waals surface area contributed by atoms with Crippen molar-refractivity contribution in [2.75, 3.05) is 25.9 Å². The van der Waals surface area contributed by atoms with Gasteiger partial charge in [-0.3, -0.25) is 4.99 Å². The predicted octanol–water partition coefficient (Wildman–Crippen LogP) is 3.74. The number of hydrogen-bond donors (Lipinski definition) is 2. The molecule has 0 aromatic heterocycles. The minimum absolute atomic E-state index is 0. The van der Waals surface area contributed by atoms with E-state index in [4.69, 9.17) is 0 Å². The lowest BCUT2D eigenvalue weighted by Gasteiger charge is -2.22. The first kappa shape index (κ1) is 21.6. The maximum atomic E-state index is 4.65. The van der Waals surface area contributed by atoms with Crippen LogP contribution in [-0.4, -0.2) is 36.6 Å². The fourth-order valence-electron chi connectivity index (χ4n) is 1.23. The van der Waals surface area contributed by atoms with Crippen molar-refractivity contribution in [2.24, 2.45) is 10.4 Å². The van der Waals surface area contributed by atoms with Gasteiger partial charge in [-0.25, -0.2) is 0 Å². The summed E-state index contributed by atoms with van der Waals surface area (Å²) in [4.78, 5) is 4.65. The van der Waals surface area contributed by atoms with Crippen molar-refractivity contribution in [3.05, 3.63) is 0 Å². The summed E-state index contributed by atoms with van der Waals surface area (Å²) in [5, 5.41) is 6.70. The molecule has 2 N–H and O–H groups in total. The SMILES string of the molecule is CCNC(=NCC(C)(C)SC)NCCC(C)(C)C.I. The van der Waals surface area contributed by atoms with Gasteiger partial charge in [0.25, 0.3) is 0 Å². The molecule has 0 aliphatic heterocycles. The van der Waals surface area contributed by atoms with E-state index >= 15 is 0 Å². The first-order chi connectivity index (χ1) is 8.20. The highest BCUT2D eigenvalue weighted by atomic mass is 127. The van der Waals surface area contributed by atoms with Gasteiger partial charge in [0.05, 0.1) is 6.54 Å². The summed E-state index contributed by atoms with van der Waals surface area (Å²) < 4.78 is 0.201. The number of nitrogens with one attached hydrogen (secondary N) is 2. The highest BCUT2D eigenvalue weighted by Gasteiger charge is 2.15. The molecule has 116 valence electrons. The third-order valence-corrected chi connectivity index (χ3v) is 3.92. The van der Waals surface area contributed by atoms with E-state index in [1.165, 1.54) is 0 Å². The second-order valence-corrected chi connectivity index (χ2v) is 7.91. The summed E-state index contributed by atoms with van der Waals surface area (Å²) in [5.74, 6) is 0.934. The normalized spacial score (nSPS) is 12.9. The van der Waals surface area contributed by atoms with Crippen molar-refractivity contribution in [3.63, 3.8) is 0 Å². The van der Waals surface area contributed by atoms with Crippen molar-refractivity contribution >= 4 is 41.7 Å². The van der Waals surface area contributed by atoms with E-state index in [1.54, 1.807) is 0 Å². The predicted molar refractivity (Wildman–Crippen MR) is 101 cm³/mol. The average molecular weight is 401 g/mol. The molecule has 0 aromatic carbocycles. The Labute approximate surface area is 141 Å². The van der Waals surface area contributed by atoms with Crippen LogP contribution in [0.2, 0.25) is 0 Å². The third kappa shape index (κ3) is 13.1. The van der Waals surface area contributed by atoms with Crippen molar-refractivity contribution in [1.82, 2.24) is 10.6 Å². The highest BCUT2D eigenvalue weighted by Crippen LogP contribution is 2.21. The number of guanidine groups is 1. The van der Waals surface area contributed by atoms with Crippen molar-refractivity contribution < 1.29 is 0 Å². The Hall–Kier alpha value is 0.350. The number of rotatable bonds is 6. The molecule has 0 saturated carbocycles. The van der Waals surface area contributed by atoms with Crippen LogP contribution in [0.15, 0.2) is 4.99 Å². The van der Waals surface area contributed by atoms with Gasteiger partial charge in [0.2, 0.25) is 0 Å². The Kier molecular flexibility index (Phi) is 11.5. The zero-order valence-electron chi connectivity index (χ0n) is 13.6. The smallest absolute Gasteiger partial charge is 0.191 e. The first-order valence-electron chi connectivity index (χ1n) is 6.77. The Morgan fingerprint density at radius 2 is 1.68 bits per heavy atom. The number of thioether (sulfide) groups is 1. The molecule has 0 atom stereocenters. The van der Waals surface area contributed by atoms with Gasteiger partial charge in [0.15, 0.2) is 5.96 Å². The molecule has 0 aliphatic carbocycles. The summed E-state index contributed by atoms with van der Waals surface area (Å²) >= 11 is 1.85. The molecule has 5 heteroatoms. The fourth-order valence-corrected chi connectivity index (χ4v) is 1.43. The molecule has 3 nitrogen and oxygen atoms in total. The molecule has 0 rings (SSSR count). The Morgan fingerprint density at radius 3 is 2.11 bits per heavy atom. The van der Waals surface area contributed by atoms with Gasteiger partial charge in [-0.1, -0.05) is 20.8 Å². The first-order valence-corrected chi connectivity index (χ1v) is 8.00. The van der Waals surface area contributed by atoms with Gasteiger partial charge in [0, 0.05) is 17.8 Å². The van der Waals surface area contributed by atoms with Crippen LogP contribution in [-0.2, 0) is 0 Å².